The molecule has 0 bridgehead atoms. The Hall–Kier alpha value is -2.49. The summed E-state index contributed by atoms with van der Waals surface area (Å²) >= 11 is 12.4. The molecule has 8 nitrogen and oxygen atoms in total. The summed E-state index contributed by atoms with van der Waals surface area (Å²) in [6.45, 7) is 6.94. The number of carbonyl (C=O) groups is 2. The van der Waals surface area contributed by atoms with E-state index in [1.165, 1.54) is 4.90 Å². The predicted molar refractivity (Wildman–Crippen MR) is 144 cm³/mol. The first kappa shape index (κ1) is 29.7. The van der Waals surface area contributed by atoms with Crippen LogP contribution in [0, 0.1) is 0 Å². The topological polar surface area (TPSA) is 96.0 Å². The van der Waals surface area contributed by atoms with Crippen LogP contribution in [-0.2, 0) is 26.2 Å². The van der Waals surface area contributed by atoms with Crippen molar-refractivity contribution in [2.24, 2.45) is 0 Å². The highest BCUT2D eigenvalue weighted by Gasteiger charge is 2.31. The molecule has 0 fully saturated rings. The van der Waals surface area contributed by atoms with E-state index in [4.69, 9.17) is 27.9 Å². The number of nitrogens with zero attached hydrogens (tertiary/aromatic N) is 2. The zero-order valence-electron chi connectivity index (χ0n) is 21.1. The van der Waals surface area contributed by atoms with Crippen molar-refractivity contribution in [2.75, 3.05) is 23.7 Å². The average Bonchev–Trinajstić information content (AvgIpc) is 2.81. The van der Waals surface area contributed by atoms with Gasteiger partial charge >= 0.3 is 0 Å². The van der Waals surface area contributed by atoms with Gasteiger partial charge in [0.15, 0.2) is 0 Å². The van der Waals surface area contributed by atoms with Gasteiger partial charge in [0.2, 0.25) is 21.8 Å². The average molecular weight is 559 g/mol. The molecule has 2 aromatic rings. The van der Waals surface area contributed by atoms with Crippen molar-refractivity contribution in [3.8, 4) is 5.75 Å². The molecule has 0 saturated heterocycles. The Labute approximate surface area is 223 Å². The number of hydrogen-bond acceptors (Lipinski definition) is 5. The molecule has 0 unspecified atom stereocenters. The molecule has 198 valence electrons. The fourth-order valence-corrected chi connectivity index (χ4v) is 4.74. The van der Waals surface area contributed by atoms with Crippen LogP contribution in [0.2, 0.25) is 10.0 Å². The number of sulfonamides is 1. The van der Waals surface area contributed by atoms with Crippen molar-refractivity contribution < 1.29 is 22.7 Å². The van der Waals surface area contributed by atoms with Crippen LogP contribution in [-0.4, -0.2) is 56.6 Å². The number of hydrogen-bond donors (Lipinski definition) is 1. The SMILES string of the molecule is CCOc1ccccc1N(CC(=O)N(Cc1ccc(Cl)cc1Cl)[C@H](C)C(=O)N[C@@H](C)CC)S(C)(=O)=O. The molecule has 0 saturated carbocycles. The lowest BCUT2D eigenvalue weighted by molar-refractivity contribution is -0.139. The van der Waals surface area contributed by atoms with Gasteiger partial charge in [0.05, 0.1) is 18.6 Å². The number of nitrogens with one attached hydrogen (secondary N) is 1. The van der Waals surface area contributed by atoms with E-state index in [0.717, 1.165) is 10.6 Å². The first-order valence-electron chi connectivity index (χ1n) is 11.6. The van der Waals surface area contributed by atoms with Crippen LogP contribution in [0.4, 0.5) is 5.69 Å². The number of para-hydroxylation sites is 2. The van der Waals surface area contributed by atoms with Crippen molar-refractivity contribution in [3.05, 3.63) is 58.1 Å². The molecular weight excluding hydrogens is 525 g/mol. The summed E-state index contributed by atoms with van der Waals surface area (Å²) in [5.74, 6) is -0.610. The summed E-state index contributed by atoms with van der Waals surface area (Å²) in [6.07, 6.45) is 1.73. The molecule has 0 aliphatic heterocycles. The molecular formula is C25H33Cl2N3O5S. The van der Waals surface area contributed by atoms with Gasteiger partial charge in [-0.1, -0.05) is 48.3 Å². The largest absolute Gasteiger partial charge is 0.492 e. The molecule has 0 heterocycles. The first-order valence-corrected chi connectivity index (χ1v) is 14.2. The highest BCUT2D eigenvalue weighted by atomic mass is 35.5. The van der Waals surface area contributed by atoms with E-state index in [-0.39, 0.29) is 24.2 Å². The molecule has 0 aliphatic rings. The maximum atomic E-state index is 13.7. The summed E-state index contributed by atoms with van der Waals surface area (Å²) in [7, 11) is -3.88. The molecule has 2 amide bonds. The minimum absolute atomic E-state index is 0.0192. The molecule has 0 aromatic heterocycles. The normalized spacial score (nSPS) is 13.0. The standard InChI is InChI=1S/C25H33Cl2N3O5S/c1-6-17(3)28-25(32)18(4)29(15-19-12-13-20(26)14-21(19)27)24(31)16-30(36(5,33)34)22-10-8-9-11-23(22)35-7-2/h8-14,17-18H,6-7,15-16H2,1-5H3,(H,28,32)/t17-,18+/m0/s1. The third-order valence-electron chi connectivity index (χ3n) is 5.64. The lowest BCUT2D eigenvalue weighted by Gasteiger charge is -2.32. The van der Waals surface area contributed by atoms with E-state index in [9.17, 15) is 18.0 Å². The van der Waals surface area contributed by atoms with Crippen LogP contribution < -0.4 is 14.4 Å². The van der Waals surface area contributed by atoms with Gasteiger partial charge in [-0.15, -0.1) is 0 Å². The smallest absolute Gasteiger partial charge is 0.244 e. The van der Waals surface area contributed by atoms with Gasteiger partial charge in [-0.25, -0.2) is 8.42 Å². The number of ether oxygens (including phenoxy) is 1. The zero-order chi connectivity index (χ0) is 27.0. The summed E-state index contributed by atoms with van der Waals surface area (Å²) < 4.78 is 32.1. The molecule has 11 heteroatoms. The van der Waals surface area contributed by atoms with Gasteiger partial charge in [-0.05, 0) is 57.0 Å². The molecule has 2 aromatic carbocycles. The highest BCUT2D eigenvalue weighted by molar-refractivity contribution is 7.92. The summed E-state index contributed by atoms with van der Waals surface area (Å²) in [5.41, 5.74) is 0.801. The molecule has 0 radical (unpaired) electrons. The molecule has 36 heavy (non-hydrogen) atoms. The van der Waals surface area contributed by atoms with Crippen LogP contribution in [0.3, 0.4) is 0 Å². The van der Waals surface area contributed by atoms with E-state index in [2.05, 4.69) is 5.32 Å². The fourth-order valence-electron chi connectivity index (χ4n) is 3.42. The van der Waals surface area contributed by atoms with Crippen molar-refractivity contribution in [3.63, 3.8) is 0 Å². The van der Waals surface area contributed by atoms with Crippen molar-refractivity contribution in [1.82, 2.24) is 10.2 Å². The molecule has 1 N–H and O–H groups in total. The second-order valence-electron chi connectivity index (χ2n) is 8.42. The first-order chi connectivity index (χ1) is 16.9. The van der Waals surface area contributed by atoms with Gasteiger partial charge in [0, 0.05) is 22.6 Å². The second-order valence-corrected chi connectivity index (χ2v) is 11.2. The maximum Gasteiger partial charge on any atom is 0.244 e. The van der Waals surface area contributed by atoms with Crippen LogP contribution in [0.15, 0.2) is 42.5 Å². The number of halogens is 2. The number of rotatable bonds is 12. The molecule has 0 aliphatic carbocycles. The van der Waals surface area contributed by atoms with E-state index < -0.39 is 28.5 Å². The Morgan fingerprint density at radius 1 is 1.08 bits per heavy atom. The van der Waals surface area contributed by atoms with E-state index in [0.29, 0.717) is 34.4 Å². The lowest BCUT2D eigenvalue weighted by atomic mass is 10.1. The molecule has 2 rings (SSSR count). The Kier molecular flexibility index (Phi) is 10.9. The van der Waals surface area contributed by atoms with Gasteiger partial charge in [-0.3, -0.25) is 13.9 Å². The minimum atomic E-state index is -3.88. The third kappa shape index (κ3) is 8.01. The summed E-state index contributed by atoms with van der Waals surface area (Å²) in [5, 5.41) is 3.64. The zero-order valence-corrected chi connectivity index (χ0v) is 23.5. The lowest BCUT2D eigenvalue weighted by Crippen LogP contribution is -2.52. The second kappa shape index (κ2) is 13.2. The van der Waals surface area contributed by atoms with E-state index in [1.54, 1.807) is 56.3 Å². The Balaban J connectivity index is 2.47. The Morgan fingerprint density at radius 2 is 1.75 bits per heavy atom. The van der Waals surface area contributed by atoms with Crippen LogP contribution in [0.5, 0.6) is 5.75 Å². The van der Waals surface area contributed by atoms with Crippen LogP contribution in [0.25, 0.3) is 0 Å². The minimum Gasteiger partial charge on any atom is -0.492 e. The highest BCUT2D eigenvalue weighted by Crippen LogP contribution is 2.30. The predicted octanol–water partition coefficient (Wildman–Crippen LogP) is 4.49. The van der Waals surface area contributed by atoms with Gasteiger partial charge in [0.1, 0.15) is 18.3 Å². The third-order valence-corrected chi connectivity index (χ3v) is 7.35. The van der Waals surface area contributed by atoms with E-state index in [1.807, 2.05) is 13.8 Å². The maximum absolute atomic E-state index is 13.7. The van der Waals surface area contributed by atoms with Crippen LogP contribution >= 0.6 is 23.2 Å². The van der Waals surface area contributed by atoms with Gasteiger partial charge < -0.3 is 15.0 Å². The van der Waals surface area contributed by atoms with Gasteiger partial charge in [-0.2, -0.15) is 0 Å². The summed E-state index contributed by atoms with van der Waals surface area (Å²) in [4.78, 5) is 27.9. The monoisotopic (exact) mass is 557 g/mol. The Morgan fingerprint density at radius 3 is 2.33 bits per heavy atom. The van der Waals surface area contributed by atoms with E-state index >= 15 is 0 Å². The van der Waals surface area contributed by atoms with Crippen molar-refractivity contribution >= 4 is 50.7 Å². The molecule has 0 spiro atoms. The Bertz CT molecular complexity index is 1180. The number of benzene rings is 2. The van der Waals surface area contributed by atoms with Crippen molar-refractivity contribution in [1.29, 1.82) is 0 Å². The van der Waals surface area contributed by atoms with Gasteiger partial charge in [0.25, 0.3) is 0 Å². The number of anilines is 1. The number of carbonyl (C=O) groups excluding carboxylic acids is 2. The molecule has 2 atom stereocenters. The number of amides is 2. The summed E-state index contributed by atoms with van der Waals surface area (Å²) in [6, 6.07) is 10.4. The van der Waals surface area contributed by atoms with Crippen LogP contribution in [0.1, 0.15) is 39.7 Å². The quantitative estimate of drug-likeness (QED) is 0.414. The van der Waals surface area contributed by atoms with Crippen molar-refractivity contribution in [2.45, 2.75) is 52.7 Å². The fraction of sp³-hybridized carbons (Fsp3) is 0.440.